The van der Waals surface area contributed by atoms with Gasteiger partial charge in [-0.1, -0.05) is 24.3 Å². The summed E-state index contributed by atoms with van der Waals surface area (Å²) in [6.07, 6.45) is 2.60. The van der Waals surface area contributed by atoms with Crippen molar-refractivity contribution in [2.45, 2.75) is 30.7 Å². The molecule has 1 aliphatic carbocycles. The first-order valence-corrected chi connectivity index (χ1v) is 8.69. The molecule has 25 heavy (non-hydrogen) atoms. The normalized spacial score (nSPS) is 21.8. The highest BCUT2D eigenvalue weighted by Gasteiger charge is 2.47. The minimum absolute atomic E-state index is 0.0749. The SMILES string of the molecule is O=C(NC1(c2ccc3c(c2)OCO3)CC1)[C@@H]1CCOc2ccccc21. The van der Waals surface area contributed by atoms with Gasteiger partial charge in [0.1, 0.15) is 5.75 Å². The Morgan fingerprint density at radius 3 is 2.72 bits per heavy atom. The molecule has 1 amide bonds. The number of carbonyl (C=O) groups is 1. The van der Waals surface area contributed by atoms with Crippen molar-refractivity contribution in [2.24, 2.45) is 0 Å². The Morgan fingerprint density at radius 1 is 1.00 bits per heavy atom. The van der Waals surface area contributed by atoms with E-state index in [4.69, 9.17) is 14.2 Å². The molecule has 5 rings (SSSR count). The van der Waals surface area contributed by atoms with Crippen LogP contribution in [0, 0.1) is 0 Å². The van der Waals surface area contributed by atoms with E-state index >= 15 is 0 Å². The highest BCUT2D eigenvalue weighted by molar-refractivity contribution is 5.86. The maximum atomic E-state index is 13.0. The van der Waals surface area contributed by atoms with E-state index in [9.17, 15) is 4.79 Å². The molecule has 1 saturated carbocycles. The lowest BCUT2D eigenvalue weighted by Gasteiger charge is -2.27. The Hall–Kier alpha value is -2.69. The maximum absolute atomic E-state index is 13.0. The van der Waals surface area contributed by atoms with E-state index in [1.54, 1.807) is 0 Å². The Morgan fingerprint density at radius 2 is 1.84 bits per heavy atom. The second-order valence-electron chi connectivity index (χ2n) is 6.87. The molecule has 5 nitrogen and oxygen atoms in total. The summed E-state index contributed by atoms with van der Waals surface area (Å²) >= 11 is 0. The fraction of sp³-hybridized carbons (Fsp3) is 0.350. The molecular weight excluding hydrogens is 318 g/mol. The predicted molar refractivity (Wildman–Crippen MR) is 90.9 cm³/mol. The second-order valence-corrected chi connectivity index (χ2v) is 6.87. The molecule has 3 aliphatic rings. The van der Waals surface area contributed by atoms with Crippen molar-refractivity contribution < 1.29 is 19.0 Å². The number of nitrogens with one attached hydrogen (secondary N) is 1. The van der Waals surface area contributed by atoms with Crippen molar-refractivity contribution >= 4 is 5.91 Å². The fourth-order valence-corrected chi connectivity index (χ4v) is 3.74. The largest absolute Gasteiger partial charge is 0.493 e. The van der Waals surface area contributed by atoms with Gasteiger partial charge in [-0.15, -0.1) is 0 Å². The molecule has 2 aromatic rings. The summed E-state index contributed by atoms with van der Waals surface area (Å²) in [4.78, 5) is 13.0. The van der Waals surface area contributed by atoms with Crippen molar-refractivity contribution in [3.8, 4) is 17.2 Å². The smallest absolute Gasteiger partial charge is 0.231 e. The van der Waals surface area contributed by atoms with Crippen molar-refractivity contribution in [1.29, 1.82) is 0 Å². The summed E-state index contributed by atoms with van der Waals surface area (Å²) in [5, 5.41) is 3.29. The zero-order valence-electron chi connectivity index (χ0n) is 13.8. The van der Waals surface area contributed by atoms with E-state index in [-0.39, 0.29) is 24.2 Å². The van der Waals surface area contributed by atoms with Gasteiger partial charge in [0.05, 0.1) is 18.1 Å². The van der Waals surface area contributed by atoms with Gasteiger partial charge in [-0.25, -0.2) is 0 Å². The van der Waals surface area contributed by atoms with Crippen molar-refractivity contribution in [3.63, 3.8) is 0 Å². The number of fused-ring (bicyclic) bond motifs is 2. The number of rotatable bonds is 3. The first-order valence-electron chi connectivity index (χ1n) is 8.69. The lowest BCUT2D eigenvalue weighted by Crippen LogP contribution is -2.39. The minimum Gasteiger partial charge on any atom is -0.493 e. The number of amides is 1. The molecule has 0 saturated heterocycles. The van der Waals surface area contributed by atoms with Crippen LogP contribution in [-0.4, -0.2) is 19.3 Å². The molecule has 1 fully saturated rings. The van der Waals surface area contributed by atoms with Gasteiger partial charge in [0, 0.05) is 5.56 Å². The lowest BCUT2D eigenvalue weighted by molar-refractivity contribution is -0.124. The predicted octanol–water partition coefficient (Wildman–Crippen LogP) is 3.09. The molecule has 1 atom stereocenters. The number of ether oxygens (including phenoxy) is 3. The molecule has 0 spiro atoms. The number of para-hydroxylation sites is 1. The van der Waals surface area contributed by atoms with Crippen molar-refractivity contribution in [1.82, 2.24) is 5.32 Å². The highest BCUT2D eigenvalue weighted by Crippen LogP contribution is 2.49. The molecule has 0 aromatic heterocycles. The second kappa shape index (κ2) is 5.41. The standard InChI is InChI=1S/C20H19NO4/c22-19(15-7-10-23-16-4-2-1-3-14(15)16)21-20(8-9-20)13-5-6-17-18(11-13)25-12-24-17/h1-6,11,15H,7-10,12H2,(H,21,22)/t15-/m1/s1. The minimum atomic E-state index is -0.273. The molecule has 0 unspecified atom stereocenters. The van der Waals surface area contributed by atoms with Crippen LogP contribution < -0.4 is 19.5 Å². The molecular formula is C20H19NO4. The van der Waals surface area contributed by atoms with E-state index < -0.39 is 0 Å². The van der Waals surface area contributed by atoms with Gasteiger partial charge in [-0.05, 0) is 43.0 Å². The zero-order valence-corrected chi connectivity index (χ0v) is 13.8. The number of hydrogen-bond acceptors (Lipinski definition) is 4. The quantitative estimate of drug-likeness (QED) is 0.935. The third kappa shape index (κ3) is 2.42. The molecule has 2 aromatic carbocycles. The van der Waals surface area contributed by atoms with Gasteiger partial charge >= 0.3 is 0 Å². The van der Waals surface area contributed by atoms with Gasteiger partial charge in [-0.3, -0.25) is 4.79 Å². The summed E-state index contributed by atoms with van der Waals surface area (Å²) in [5.74, 6) is 2.27. The van der Waals surface area contributed by atoms with E-state index in [0.29, 0.717) is 13.0 Å². The topological polar surface area (TPSA) is 56.8 Å². The monoisotopic (exact) mass is 337 g/mol. The summed E-state index contributed by atoms with van der Waals surface area (Å²) in [5.41, 5.74) is 1.80. The van der Waals surface area contributed by atoms with Crippen molar-refractivity contribution in [2.75, 3.05) is 13.4 Å². The van der Waals surface area contributed by atoms with Gasteiger partial charge in [-0.2, -0.15) is 0 Å². The number of hydrogen-bond donors (Lipinski definition) is 1. The Labute approximate surface area is 145 Å². The third-order valence-corrected chi connectivity index (χ3v) is 5.31. The summed E-state index contributed by atoms with van der Waals surface area (Å²) in [6, 6.07) is 13.8. The van der Waals surface area contributed by atoms with E-state index in [1.165, 1.54) is 0 Å². The van der Waals surface area contributed by atoms with Crippen LogP contribution in [0.2, 0.25) is 0 Å². The maximum Gasteiger partial charge on any atom is 0.231 e. The van der Waals surface area contributed by atoms with Gasteiger partial charge in [0.25, 0.3) is 0 Å². The molecule has 5 heteroatoms. The van der Waals surface area contributed by atoms with Crippen LogP contribution in [0.25, 0.3) is 0 Å². The molecule has 0 bridgehead atoms. The van der Waals surface area contributed by atoms with Crippen molar-refractivity contribution in [3.05, 3.63) is 53.6 Å². The molecule has 1 N–H and O–H groups in total. The summed E-state index contributed by atoms with van der Waals surface area (Å²) < 4.78 is 16.5. The van der Waals surface area contributed by atoms with Crippen LogP contribution in [0.5, 0.6) is 17.2 Å². The Kier molecular flexibility index (Phi) is 3.17. The Bertz CT molecular complexity index is 843. The lowest BCUT2D eigenvalue weighted by atomic mass is 9.91. The first kappa shape index (κ1) is 14.6. The fourth-order valence-electron chi connectivity index (χ4n) is 3.74. The highest BCUT2D eigenvalue weighted by atomic mass is 16.7. The van der Waals surface area contributed by atoms with E-state index in [1.807, 2.05) is 42.5 Å². The van der Waals surface area contributed by atoms with Crippen LogP contribution in [0.4, 0.5) is 0 Å². The summed E-state index contributed by atoms with van der Waals surface area (Å²) in [7, 11) is 0. The van der Waals surface area contributed by atoms with Crippen LogP contribution in [0.1, 0.15) is 36.3 Å². The molecule has 2 heterocycles. The molecule has 0 radical (unpaired) electrons. The van der Waals surface area contributed by atoms with Crippen LogP contribution in [-0.2, 0) is 10.3 Å². The summed E-state index contributed by atoms with van der Waals surface area (Å²) in [6.45, 7) is 0.836. The van der Waals surface area contributed by atoms with Gasteiger partial charge in [0.15, 0.2) is 11.5 Å². The van der Waals surface area contributed by atoms with Crippen LogP contribution in [0.3, 0.4) is 0 Å². The van der Waals surface area contributed by atoms with Crippen LogP contribution >= 0.6 is 0 Å². The van der Waals surface area contributed by atoms with Gasteiger partial charge < -0.3 is 19.5 Å². The molecule has 2 aliphatic heterocycles. The Balaban J connectivity index is 1.39. The van der Waals surface area contributed by atoms with E-state index in [2.05, 4.69) is 5.32 Å². The number of benzene rings is 2. The van der Waals surface area contributed by atoms with E-state index in [0.717, 1.165) is 41.2 Å². The average molecular weight is 337 g/mol. The first-order chi connectivity index (χ1) is 12.3. The van der Waals surface area contributed by atoms with Gasteiger partial charge in [0.2, 0.25) is 12.7 Å². The van der Waals surface area contributed by atoms with Crippen LogP contribution in [0.15, 0.2) is 42.5 Å². The third-order valence-electron chi connectivity index (χ3n) is 5.31. The zero-order chi connectivity index (χ0) is 16.9. The molecule has 128 valence electrons. The number of carbonyl (C=O) groups excluding carboxylic acids is 1. The average Bonchev–Trinajstić information content (AvgIpc) is 3.27.